The molecule has 3 rings (SSSR count). The van der Waals surface area contributed by atoms with E-state index in [-0.39, 0.29) is 5.41 Å². The van der Waals surface area contributed by atoms with E-state index in [1.807, 2.05) is 11.7 Å². The molecule has 1 aliphatic rings. The first kappa shape index (κ1) is 14.3. The van der Waals surface area contributed by atoms with Crippen molar-refractivity contribution < 1.29 is 0 Å². The third kappa shape index (κ3) is 2.75. The van der Waals surface area contributed by atoms with Crippen molar-refractivity contribution in [2.75, 3.05) is 0 Å². The van der Waals surface area contributed by atoms with Crippen molar-refractivity contribution in [2.45, 2.75) is 46.2 Å². The van der Waals surface area contributed by atoms with Crippen LogP contribution in [0.2, 0.25) is 0 Å². The molecule has 1 aliphatic carbocycles. The van der Waals surface area contributed by atoms with Crippen LogP contribution in [0.15, 0.2) is 30.5 Å². The van der Waals surface area contributed by atoms with Gasteiger partial charge in [-0.25, -0.2) is 0 Å². The van der Waals surface area contributed by atoms with Crippen LogP contribution >= 0.6 is 0 Å². The van der Waals surface area contributed by atoms with Crippen LogP contribution in [0.3, 0.4) is 0 Å². The average molecular weight is 283 g/mol. The van der Waals surface area contributed by atoms with Gasteiger partial charge in [0, 0.05) is 31.4 Å². The summed E-state index contributed by atoms with van der Waals surface area (Å²) in [6, 6.07) is 9.27. The number of fused-ring (bicyclic) bond motifs is 1. The van der Waals surface area contributed by atoms with Gasteiger partial charge in [-0.05, 0) is 36.3 Å². The lowest BCUT2D eigenvalue weighted by Crippen LogP contribution is -2.37. The second-order valence-electron chi connectivity index (χ2n) is 6.91. The highest BCUT2D eigenvalue weighted by molar-refractivity contribution is 5.34. The van der Waals surface area contributed by atoms with Crippen LogP contribution in [-0.2, 0) is 20.0 Å². The largest absolute Gasteiger partial charge is 0.305 e. The summed E-state index contributed by atoms with van der Waals surface area (Å²) in [4.78, 5) is 0. The van der Waals surface area contributed by atoms with E-state index in [1.54, 1.807) is 0 Å². The topological polar surface area (TPSA) is 29.9 Å². The first-order valence-electron chi connectivity index (χ1n) is 7.78. The van der Waals surface area contributed by atoms with Crippen LogP contribution in [0.1, 0.15) is 48.7 Å². The number of rotatable bonds is 3. The maximum Gasteiger partial charge on any atom is 0.0638 e. The van der Waals surface area contributed by atoms with E-state index in [2.05, 4.69) is 61.6 Å². The number of hydrogen-bond donors (Lipinski definition) is 1. The molecule has 21 heavy (non-hydrogen) atoms. The van der Waals surface area contributed by atoms with E-state index in [0.717, 1.165) is 12.2 Å². The standard InChI is InChI=1S/C18H25N3/c1-13-15(12-21(4)20-13)11-19-17-16-8-6-5-7-14(16)9-10-18(17,2)3/h5-8,12,17,19H,9-11H2,1-4H3. The zero-order valence-electron chi connectivity index (χ0n) is 13.5. The summed E-state index contributed by atoms with van der Waals surface area (Å²) in [5, 5.41) is 8.22. The van der Waals surface area contributed by atoms with Crippen LogP contribution in [0.4, 0.5) is 0 Å². The monoisotopic (exact) mass is 283 g/mol. The molecule has 0 saturated carbocycles. The van der Waals surface area contributed by atoms with Crippen molar-refractivity contribution in [2.24, 2.45) is 12.5 Å². The van der Waals surface area contributed by atoms with E-state index in [4.69, 9.17) is 0 Å². The summed E-state index contributed by atoms with van der Waals surface area (Å²) < 4.78 is 1.90. The van der Waals surface area contributed by atoms with Gasteiger partial charge in [0.2, 0.25) is 0 Å². The molecule has 0 bridgehead atoms. The molecule has 3 heteroatoms. The fourth-order valence-electron chi connectivity index (χ4n) is 3.49. The third-order valence-electron chi connectivity index (χ3n) is 4.80. The summed E-state index contributed by atoms with van der Waals surface area (Å²) >= 11 is 0. The van der Waals surface area contributed by atoms with Gasteiger partial charge in [0.1, 0.15) is 0 Å². The SMILES string of the molecule is Cc1nn(C)cc1CNC1c2ccccc2CCC1(C)C. The minimum atomic E-state index is 0.282. The molecule has 0 aliphatic heterocycles. The van der Waals surface area contributed by atoms with Crippen LogP contribution in [0.5, 0.6) is 0 Å². The number of nitrogens with one attached hydrogen (secondary N) is 1. The molecule has 1 unspecified atom stereocenters. The number of nitrogens with zero attached hydrogens (tertiary/aromatic N) is 2. The van der Waals surface area contributed by atoms with Crippen molar-refractivity contribution in [3.05, 3.63) is 52.8 Å². The summed E-state index contributed by atoms with van der Waals surface area (Å²) in [5.41, 5.74) is 5.65. The highest BCUT2D eigenvalue weighted by atomic mass is 15.3. The molecule has 0 spiro atoms. The predicted octanol–water partition coefficient (Wildman–Crippen LogP) is 3.53. The second-order valence-corrected chi connectivity index (χ2v) is 6.91. The molecule has 0 amide bonds. The lowest BCUT2D eigenvalue weighted by atomic mass is 9.70. The van der Waals surface area contributed by atoms with Gasteiger partial charge in [0.25, 0.3) is 0 Å². The summed E-state index contributed by atoms with van der Waals surface area (Å²) in [6.45, 7) is 7.70. The van der Waals surface area contributed by atoms with Gasteiger partial charge in [-0.15, -0.1) is 0 Å². The minimum absolute atomic E-state index is 0.282. The Morgan fingerprint density at radius 1 is 1.33 bits per heavy atom. The normalized spacial score (nSPS) is 20.3. The number of aryl methyl sites for hydroxylation is 3. The molecule has 3 nitrogen and oxygen atoms in total. The molecular weight excluding hydrogens is 258 g/mol. The van der Waals surface area contributed by atoms with Gasteiger partial charge in [-0.3, -0.25) is 4.68 Å². The molecule has 1 atom stereocenters. The number of benzene rings is 1. The Kier molecular flexibility index (Phi) is 3.62. The van der Waals surface area contributed by atoms with Crippen LogP contribution in [-0.4, -0.2) is 9.78 Å². The quantitative estimate of drug-likeness (QED) is 0.934. The van der Waals surface area contributed by atoms with Crippen molar-refractivity contribution >= 4 is 0 Å². The Morgan fingerprint density at radius 2 is 2.10 bits per heavy atom. The highest BCUT2D eigenvalue weighted by Gasteiger charge is 2.35. The maximum atomic E-state index is 4.43. The molecule has 2 aromatic rings. The highest BCUT2D eigenvalue weighted by Crippen LogP contribution is 2.43. The molecule has 1 heterocycles. The van der Waals surface area contributed by atoms with Crippen LogP contribution in [0.25, 0.3) is 0 Å². The molecule has 1 aromatic carbocycles. The fourth-order valence-corrected chi connectivity index (χ4v) is 3.49. The number of hydrogen-bond acceptors (Lipinski definition) is 2. The van der Waals surface area contributed by atoms with E-state index < -0.39 is 0 Å². The molecular formula is C18H25N3. The Labute approximate surface area is 127 Å². The molecule has 1 aromatic heterocycles. The summed E-state index contributed by atoms with van der Waals surface area (Å²) in [7, 11) is 1.98. The first-order valence-corrected chi connectivity index (χ1v) is 7.78. The van der Waals surface area contributed by atoms with E-state index >= 15 is 0 Å². The zero-order valence-corrected chi connectivity index (χ0v) is 13.5. The maximum absolute atomic E-state index is 4.43. The van der Waals surface area contributed by atoms with E-state index in [9.17, 15) is 0 Å². The fraction of sp³-hybridized carbons (Fsp3) is 0.500. The second kappa shape index (κ2) is 5.30. The average Bonchev–Trinajstić information content (AvgIpc) is 2.75. The molecule has 112 valence electrons. The Morgan fingerprint density at radius 3 is 2.81 bits per heavy atom. The van der Waals surface area contributed by atoms with Gasteiger partial charge >= 0.3 is 0 Å². The smallest absolute Gasteiger partial charge is 0.0638 e. The van der Waals surface area contributed by atoms with Gasteiger partial charge in [0.15, 0.2) is 0 Å². The third-order valence-corrected chi connectivity index (χ3v) is 4.80. The lowest BCUT2D eigenvalue weighted by Gasteiger charge is -2.40. The lowest BCUT2D eigenvalue weighted by molar-refractivity contribution is 0.208. The summed E-state index contributed by atoms with van der Waals surface area (Å²) in [5.74, 6) is 0. The van der Waals surface area contributed by atoms with E-state index in [0.29, 0.717) is 6.04 Å². The van der Waals surface area contributed by atoms with E-state index in [1.165, 1.54) is 29.5 Å². The molecule has 1 N–H and O–H groups in total. The van der Waals surface area contributed by atoms with Gasteiger partial charge in [0.05, 0.1) is 5.69 Å². The molecule has 0 fully saturated rings. The predicted molar refractivity (Wildman–Crippen MR) is 86.1 cm³/mol. The van der Waals surface area contributed by atoms with Gasteiger partial charge in [-0.1, -0.05) is 38.1 Å². The van der Waals surface area contributed by atoms with Gasteiger partial charge < -0.3 is 5.32 Å². The summed E-state index contributed by atoms with van der Waals surface area (Å²) in [6.07, 6.45) is 4.53. The van der Waals surface area contributed by atoms with Crippen LogP contribution in [0, 0.1) is 12.3 Å². The van der Waals surface area contributed by atoms with Crippen molar-refractivity contribution in [3.8, 4) is 0 Å². The van der Waals surface area contributed by atoms with Crippen molar-refractivity contribution in [1.29, 1.82) is 0 Å². The Balaban J connectivity index is 1.84. The minimum Gasteiger partial charge on any atom is -0.305 e. The Bertz CT molecular complexity index is 640. The van der Waals surface area contributed by atoms with Gasteiger partial charge in [-0.2, -0.15) is 5.10 Å². The van der Waals surface area contributed by atoms with Crippen molar-refractivity contribution in [1.82, 2.24) is 15.1 Å². The molecule has 0 radical (unpaired) electrons. The number of aromatic nitrogens is 2. The van der Waals surface area contributed by atoms with Crippen molar-refractivity contribution in [3.63, 3.8) is 0 Å². The zero-order chi connectivity index (χ0) is 15.0. The Hall–Kier alpha value is -1.61. The molecule has 0 saturated heterocycles. The van der Waals surface area contributed by atoms with Crippen LogP contribution < -0.4 is 5.32 Å². The first-order chi connectivity index (χ1) is 9.97.